The number of nitrogens with one attached hydrogen (secondary N) is 1. The number of thioether (sulfide) groups is 1. The smallest absolute Gasteiger partial charge is 0.416 e. The summed E-state index contributed by atoms with van der Waals surface area (Å²) in [6.45, 7) is 5.18. The Hall–Kier alpha value is -3.08. The summed E-state index contributed by atoms with van der Waals surface area (Å²) in [6.07, 6.45) is -2.97. The van der Waals surface area contributed by atoms with Gasteiger partial charge in [0.15, 0.2) is 0 Å². The van der Waals surface area contributed by atoms with Gasteiger partial charge in [-0.2, -0.15) is 13.2 Å². The molecule has 0 amide bonds. The summed E-state index contributed by atoms with van der Waals surface area (Å²) in [7, 11) is 0. The minimum Gasteiger partial charge on any atom is -0.416 e. The first-order valence-corrected chi connectivity index (χ1v) is 9.72. The van der Waals surface area contributed by atoms with Crippen LogP contribution >= 0.6 is 11.8 Å². The molecule has 1 aromatic carbocycles. The molecule has 0 fully saturated rings. The molecule has 0 spiro atoms. The van der Waals surface area contributed by atoms with Crippen molar-refractivity contribution in [2.45, 2.75) is 37.0 Å². The van der Waals surface area contributed by atoms with Gasteiger partial charge < -0.3 is 9.40 Å². The molecule has 0 aliphatic carbocycles. The second kappa shape index (κ2) is 8.74. The van der Waals surface area contributed by atoms with Crippen LogP contribution in [-0.4, -0.2) is 19.7 Å². The van der Waals surface area contributed by atoms with Crippen LogP contribution in [0.1, 0.15) is 28.3 Å². The fraction of sp³-hybridized carbons (Fsp3) is 0.263. The number of benzene rings is 1. The maximum atomic E-state index is 12.8. The molecule has 158 valence electrons. The van der Waals surface area contributed by atoms with E-state index in [0.717, 1.165) is 28.5 Å². The van der Waals surface area contributed by atoms with Gasteiger partial charge in [0.25, 0.3) is 10.8 Å². The van der Waals surface area contributed by atoms with Crippen molar-refractivity contribution in [1.29, 1.82) is 0 Å². The molecule has 0 unspecified atom stereocenters. The lowest BCUT2D eigenvalue weighted by Crippen LogP contribution is -2.37. The number of aryl methyl sites for hydroxylation is 1. The number of allylic oxidation sites excluding steroid dienone is 1. The first-order chi connectivity index (χ1) is 14.2. The monoisotopic (exact) mass is 438 g/mol. The summed E-state index contributed by atoms with van der Waals surface area (Å²) in [5.41, 5.74) is -0.595. The summed E-state index contributed by atoms with van der Waals surface area (Å²) in [5.74, 6) is 0.356. The van der Waals surface area contributed by atoms with Gasteiger partial charge in [-0.15, -0.1) is 16.8 Å². The summed E-state index contributed by atoms with van der Waals surface area (Å²) < 4.78 is 44.9. The number of nitrogens with zero attached hydrogens (tertiary/aromatic N) is 3. The van der Waals surface area contributed by atoms with E-state index in [1.165, 1.54) is 12.1 Å². The molecule has 0 atom stereocenters. The standard InChI is InChI=1S/C19H17F3N4O3S/c1-3-7-26-16(27)14(11(2)23-17(26)28)9-15-24-25-18(29-15)30-10-12-5-4-6-13(8-12)19(20,21)22/h3-6,8H,1,7,9-10H2,2H3,(H,23,28). The summed E-state index contributed by atoms with van der Waals surface area (Å²) in [5, 5.41) is 7.91. The average Bonchev–Trinajstić information content (AvgIpc) is 3.14. The minimum atomic E-state index is -4.41. The van der Waals surface area contributed by atoms with Crippen molar-refractivity contribution in [1.82, 2.24) is 19.7 Å². The SMILES string of the molecule is C=CCn1c(=O)[nH]c(C)c(Cc2nnc(SCc3cccc(C(F)(F)F)c3)o2)c1=O. The van der Waals surface area contributed by atoms with Gasteiger partial charge in [0.05, 0.1) is 12.0 Å². The maximum absolute atomic E-state index is 12.8. The van der Waals surface area contributed by atoms with Crippen molar-refractivity contribution >= 4 is 11.8 Å². The lowest BCUT2D eigenvalue weighted by Gasteiger charge is -2.07. The van der Waals surface area contributed by atoms with Gasteiger partial charge in [-0.05, 0) is 18.6 Å². The fourth-order valence-corrected chi connectivity index (χ4v) is 3.45. The molecule has 0 bridgehead atoms. The predicted molar refractivity (Wildman–Crippen MR) is 104 cm³/mol. The number of alkyl halides is 3. The number of rotatable bonds is 7. The van der Waals surface area contributed by atoms with Gasteiger partial charge in [0.2, 0.25) is 5.89 Å². The molecule has 0 radical (unpaired) electrons. The van der Waals surface area contributed by atoms with E-state index in [4.69, 9.17) is 4.42 Å². The molecule has 2 heterocycles. The number of aromatic amines is 1. The molecule has 30 heavy (non-hydrogen) atoms. The van der Waals surface area contributed by atoms with Gasteiger partial charge in [-0.3, -0.25) is 9.36 Å². The zero-order valence-corrected chi connectivity index (χ0v) is 16.6. The van der Waals surface area contributed by atoms with Crippen LogP contribution in [0.25, 0.3) is 0 Å². The van der Waals surface area contributed by atoms with E-state index in [-0.39, 0.29) is 29.8 Å². The largest absolute Gasteiger partial charge is 0.416 e. The third-order valence-corrected chi connectivity index (χ3v) is 5.09. The summed E-state index contributed by atoms with van der Waals surface area (Å²) in [6, 6.07) is 4.98. The molecule has 1 N–H and O–H groups in total. The van der Waals surface area contributed by atoms with Crippen molar-refractivity contribution in [3.63, 3.8) is 0 Å². The molecular formula is C19H17F3N4O3S. The quantitative estimate of drug-likeness (QED) is 0.449. The van der Waals surface area contributed by atoms with Crippen LogP contribution in [0.2, 0.25) is 0 Å². The topological polar surface area (TPSA) is 93.8 Å². The lowest BCUT2D eigenvalue weighted by atomic mass is 10.1. The number of halogens is 3. The number of H-pyrrole nitrogens is 1. The van der Waals surface area contributed by atoms with Crippen molar-refractivity contribution in [3.8, 4) is 0 Å². The van der Waals surface area contributed by atoms with Crippen LogP contribution in [-0.2, 0) is 24.9 Å². The highest BCUT2D eigenvalue weighted by Gasteiger charge is 2.30. The maximum Gasteiger partial charge on any atom is 0.416 e. The van der Waals surface area contributed by atoms with E-state index < -0.39 is 23.0 Å². The molecule has 7 nitrogen and oxygen atoms in total. The van der Waals surface area contributed by atoms with E-state index in [1.807, 2.05) is 0 Å². The van der Waals surface area contributed by atoms with Crippen LogP contribution in [0.4, 0.5) is 13.2 Å². The zero-order valence-electron chi connectivity index (χ0n) is 15.8. The van der Waals surface area contributed by atoms with Crippen molar-refractivity contribution in [2.75, 3.05) is 0 Å². The minimum absolute atomic E-state index is 0.00963. The summed E-state index contributed by atoms with van der Waals surface area (Å²) in [4.78, 5) is 27.0. The molecule has 3 aromatic rings. The third kappa shape index (κ3) is 4.90. The van der Waals surface area contributed by atoms with Crippen molar-refractivity contribution in [2.24, 2.45) is 0 Å². The Morgan fingerprint density at radius 3 is 2.77 bits per heavy atom. The van der Waals surface area contributed by atoms with Gasteiger partial charge in [0, 0.05) is 23.6 Å². The Bertz CT molecular complexity index is 1180. The number of hydrogen-bond donors (Lipinski definition) is 1. The molecule has 0 aliphatic rings. The van der Waals surface area contributed by atoms with Gasteiger partial charge in [-0.1, -0.05) is 36.0 Å². The van der Waals surface area contributed by atoms with Crippen LogP contribution < -0.4 is 11.2 Å². The Balaban J connectivity index is 1.74. The first-order valence-electron chi connectivity index (χ1n) is 8.74. The Labute approximate surface area is 172 Å². The third-order valence-electron chi connectivity index (χ3n) is 4.20. The van der Waals surface area contributed by atoms with E-state index in [1.54, 1.807) is 13.0 Å². The van der Waals surface area contributed by atoms with Gasteiger partial charge >= 0.3 is 11.9 Å². The predicted octanol–water partition coefficient (Wildman–Crippen LogP) is 3.32. The van der Waals surface area contributed by atoms with E-state index in [2.05, 4.69) is 21.8 Å². The van der Waals surface area contributed by atoms with Crippen LogP contribution in [0.3, 0.4) is 0 Å². The molecule has 11 heteroatoms. The summed E-state index contributed by atoms with van der Waals surface area (Å²) >= 11 is 1.08. The first kappa shape index (κ1) is 21.6. The molecular weight excluding hydrogens is 421 g/mol. The second-order valence-electron chi connectivity index (χ2n) is 6.36. The average molecular weight is 438 g/mol. The highest BCUT2D eigenvalue weighted by molar-refractivity contribution is 7.98. The van der Waals surface area contributed by atoms with Gasteiger partial charge in [-0.25, -0.2) is 4.79 Å². The van der Waals surface area contributed by atoms with Crippen LogP contribution in [0, 0.1) is 6.92 Å². The Morgan fingerprint density at radius 2 is 2.07 bits per heavy atom. The van der Waals surface area contributed by atoms with E-state index in [0.29, 0.717) is 16.8 Å². The molecule has 2 aromatic heterocycles. The second-order valence-corrected chi connectivity index (χ2v) is 7.29. The highest BCUT2D eigenvalue weighted by Crippen LogP contribution is 2.31. The van der Waals surface area contributed by atoms with E-state index >= 15 is 0 Å². The van der Waals surface area contributed by atoms with Crippen molar-refractivity contribution < 1.29 is 17.6 Å². The number of aromatic nitrogens is 4. The van der Waals surface area contributed by atoms with Gasteiger partial charge in [0.1, 0.15) is 0 Å². The molecule has 0 saturated heterocycles. The van der Waals surface area contributed by atoms with E-state index in [9.17, 15) is 22.8 Å². The Morgan fingerprint density at radius 1 is 1.30 bits per heavy atom. The van der Waals surface area contributed by atoms with Crippen molar-refractivity contribution in [3.05, 3.63) is 86.0 Å². The zero-order chi connectivity index (χ0) is 21.9. The normalized spacial score (nSPS) is 11.6. The van der Waals surface area contributed by atoms with Crippen LogP contribution in [0.15, 0.2) is 56.1 Å². The highest BCUT2D eigenvalue weighted by atomic mass is 32.2. The molecule has 3 rings (SSSR count). The van der Waals surface area contributed by atoms with Crippen LogP contribution in [0.5, 0.6) is 0 Å². The Kier molecular flexibility index (Phi) is 6.30. The number of hydrogen-bond acceptors (Lipinski definition) is 6. The fourth-order valence-electron chi connectivity index (χ4n) is 2.72. The lowest BCUT2D eigenvalue weighted by molar-refractivity contribution is -0.137. The molecule has 0 saturated carbocycles. The molecule has 0 aliphatic heterocycles.